The molecule has 8 nitrogen and oxygen atoms in total. The number of aryl methyl sites for hydroxylation is 1. The molecular weight excluding hydrogens is 324 g/mol. The first kappa shape index (κ1) is 17.5. The first-order valence-electron chi connectivity index (χ1n) is 7.10. The fraction of sp³-hybridized carbons (Fsp3) is 0.571. The molecule has 1 aliphatic heterocycles. The molecule has 2 rings (SSSR count). The van der Waals surface area contributed by atoms with Crippen LogP contribution in [0.3, 0.4) is 0 Å². The number of carbonyl (C=O) groups is 2. The van der Waals surface area contributed by atoms with Crippen molar-refractivity contribution in [2.45, 2.75) is 18.9 Å². The smallest absolute Gasteiger partial charge is 0.308 e. The van der Waals surface area contributed by atoms with Crippen LogP contribution >= 0.6 is 0 Å². The van der Waals surface area contributed by atoms with E-state index in [9.17, 15) is 18.0 Å². The highest BCUT2D eigenvalue weighted by molar-refractivity contribution is 7.88. The highest BCUT2D eigenvalue weighted by atomic mass is 32.2. The third-order valence-electron chi connectivity index (χ3n) is 4.08. The summed E-state index contributed by atoms with van der Waals surface area (Å²) in [6.07, 6.45) is 0. The van der Waals surface area contributed by atoms with Gasteiger partial charge in [-0.2, -0.15) is 0 Å². The van der Waals surface area contributed by atoms with Crippen LogP contribution in [0.25, 0.3) is 0 Å². The minimum absolute atomic E-state index is 0.107. The van der Waals surface area contributed by atoms with Crippen LogP contribution in [0.4, 0.5) is 0 Å². The average molecular weight is 344 g/mol. The van der Waals surface area contributed by atoms with Crippen molar-refractivity contribution in [1.29, 1.82) is 0 Å². The van der Waals surface area contributed by atoms with Crippen molar-refractivity contribution >= 4 is 21.9 Å². The third kappa shape index (κ3) is 3.11. The number of hydrogen-bond acceptors (Lipinski definition) is 5. The normalized spacial score (nSPS) is 21.9. The lowest BCUT2D eigenvalue weighted by molar-refractivity contribution is -0.142. The van der Waals surface area contributed by atoms with E-state index in [1.807, 2.05) is 0 Å². The molecule has 9 heteroatoms. The van der Waals surface area contributed by atoms with Crippen molar-refractivity contribution in [3.05, 3.63) is 17.4 Å². The van der Waals surface area contributed by atoms with Gasteiger partial charge in [0.2, 0.25) is 5.09 Å². The molecule has 1 aromatic heterocycles. The van der Waals surface area contributed by atoms with E-state index in [1.54, 1.807) is 6.92 Å². The van der Waals surface area contributed by atoms with Gasteiger partial charge in [-0.3, -0.25) is 9.59 Å². The van der Waals surface area contributed by atoms with Gasteiger partial charge in [0.25, 0.3) is 15.9 Å². The van der Waals surface area contributed by atoms with Gasteiger partial charge in [0.15, 0.2) is 0 Å². The zero-order chi connectivity index (χ0) is 17.5. The molecule has 1 amide bonds. The lowest BCUT2D eigenvalue weighted by Crippen LogP contribution is -2.30. The fourth-order valence-electron chi connectivity index (χ4n) is 2.60. The molecule has 0 aromatic carbocycles. The molecule has 0 bridgehead atoms. The number of carboxylic acids is 1. The maximum absolute atomic E-state index is 12.6. The molecule has 1 fully saturated rings. The number of likely N-dealkylation sites (tertiary alicyclic amines) is 1. The molecule has 2 atom stereocenters. The Hall–Kier alpha value is -1.87. The van der Waals surface area contributed by atoms with E-state index in [4.69, 9.17) is 9.52 Å². The Morgan fingerprint density at radius 3 is 2.43 bits per heavy atom. The highest BCUT2D eigenvalue weighted by Crippen LogP contribution is 2.27. The van der Waals surface area contributed by atoms with Gasteiger partial charge in [0.1, 0.15) is 5.76 Å². The van der Waals surface area contributed by atoms with E-state index in [0.717, 1.165) is 4.31 Å². The molecule has 0 aliphatic carbocycles. The number of hydrogen-bond donors (Lipinski definition) is 1. The van der Waals surface area contributed by atoms with Crippen molar-refractivity contribution in [3.8, 4) is 0 Å². The van der Waals surface area contributed by atoms with Gasteiger partial charge >= 0.3 is 5.97 Å². The quantitative estimate of drug-likeness (QED) is 0.858. The Kier molecular flexibility index (Phi) is 4.54. The molecular formula is C14H20N2O6S. The number of carboxylic acid groups (broad SMARTS) is 1. The number of carbonyl (C=O) groups excluding carboxylic acids is 1. The fourth-order valence-corrected chi connectivity index (χ4v) is 3.46. The van der Waals surface area contributed by atoms with E-state index >= 15 is 0 Å². The molecule has 0 saturated carbocycles. The predicted octanol–water partition coefficient (Wildman–Crippen LogP) is 0.631. The molecule has 0 spiro atoms. The second-order valence-corrected chi connectivity index (χ2v) is 8.04. The predicted molar refractivity (Wildman–Crippen MR) is 80.5 cm³/mol. The zero-order valence-electron chi connectivity index (χ0n) is 13.4. The van der Waals surface area contributed by atoms with Gasteiger partial charge < -0.3 is 14.4 Å². The van der Waals surface area contributed by atoms with Crippen molar-refractivity contribution in [2.24, 2.45) is 11.8 Å². The minimum atomic E-state index is -3.77. The van der Waals surface area contributed by atoms with Crippen molar-refractivity contribution in [2.75, 3.05) is 27.2 Å². The second kappa shape index (κ2) is 5.97. The van der Waals surface area contributed by atoms with Gasteiger partial charge in [-0.1, -0.05) is 6.92 Å². The average Bonchev–Trinajstić information content (AvgIpc) is 3.01. The lowest BCUT2D eigenvalue weighted by Gasteiger charge is -2.15. The summed E-state index contributed by atoms with van der Waals surface area (Å²) in [6.45, 7) is 3.71. The Balaban J connectivity index is 2.28. The number of rotatable bonds is 4. The van der Waals surface area contributed by atoms with Gasteiger partial charge in [-0.05, 0) is 12.8 Å². The summed E-state index contributed by atoms with van der Waals surface area (Å²) in [5.74, 6) is -1.93. The molecule has 1 aliphatic rings. The Morgan fingerprint density at radius 1 is 1.35 bits per heavy atom. The standard InChI is InChI=1S/C14H20N2O6S/c1-8-6-16(7-11(8)14(18)19)13(17)10-5-12(22-9(10)2)23(20,21)15(3)4/h5,8,11H,6-7H2,1-4H3,(H,18,19)/t8-,11-/m1/s1. The molecule has 128 valence electrons. The zero-order valence-corrected chi connectivity index (χ0v) is 14.3. The Labute approximate surface area is 134 Å². The number of aliphatic carboxylic acids is 1. The van der Waals surface area contributed by atoms with Gasteiger partial charge in [0.05, 0.1) is 11.5 Å². The van der Waals surface area contributed by atoms with Crippen molar-refractivity contribution in [3.63, 3.8) is 0 Å². The van der Waals surface area contributed by atoms with E-state index in [2.05, 4.69) is 0 Å². The van der Waals surface area contributed by atoms with Crippen LogP contribution in [0.1, 0.15) is 23.0 Å². The molecule has 1 aromatic rings. The van der Waals surface area contributed by atoms with E-state index in [0.29, 0.717) is 6.54 Å². The van der Waals surface area contributed by atoms with Crippen molar-refractivity contribution in [1.82, 2.24) is 9.21 Å². The van der Waals surface area contributed by atoms with Gasteiger partial charge in [-0.15, -0.1) is 0 Å². The molecule has 23 heavy (non-hydrogen) atoms. The van der Waals surface area contributed by atoms with Crippen LogP contribution in [0.15, 0.2) is 15.6 Å². The van der Waals surface area contributed by atoms with E-state index in [1.165, 1.54) is 32.0 Å². The van der Waals surface area contributed by atoms with E-state index < -0.39 is 27.8 Å². The third-order valence-corrected chi connectivity index (χ3v) is 5.75. The topological polar surface area (TPSA) is 108 Å². The Morgan fingerprint density at radius 2 is 1.96 bits per heavy atom. The summed E-state index contributed by atoms with van der Waals surface area (Å²) < 4.78 is 30.4. The van der Waals surface area contributed by atoms with Gasteiger partial charge in [-0.25, -0.2) is 12.7 Å². The molecule has 2 heterocycles. The largest absolute Gasteiger partial charge is 0.481 e. The maximum atomic E-state index is 12.6. The van der Waals surface area contributed by atoms with Crippen LogP contribution in [0.5, 0.6) is 0 Å². The van der Waals surface area contributed by atoms with Crippen molar-refractivity contribution < 1.29 is 27.5 Å². The van der Waals surface area contributed by atoms with Gasteiger partial charge in [0, 0.05) is 33.3 Å². The minimum Gasteiger partial charge on any atom is -0.481 e. The number of furan rings is 1. The molecule has 0 radical (unpaired) electrons. The van der Waals surface area contributed by atoms with Crippen LogP contribution in [0.2, 0.25) is 0 Å². The SMILES string of the molecule is Cc1oc(S(=O)(=O)N(C)C)cc1C(=O)N1C[C@@H](C)[C@H](C(=O)O)C1. The second-order valence-electron chi connectivity index (χ2n) is 5.95. The summed E-state index contributed by atoms with van der Waals surface area (Å²) in [7, 11) is -1.03. The first-order chi connectivity index (χ1) is 10.6. The maximum Gasteiger partial charge on any atom is 0.308 e. The number of nitrogens with zero attached hydrogens (tertiary/aromatic N) is 2. The van der Waals surface area contributed by atoms with E-state index in [-0.39, 0.29) is 28.9 Å². The summed E-state index contributed by atoms with van der Waals surface area (Å²) >= 11 is 0. The summed E-state index contributed by atoms with van der Waals surface area (Å²) in [5, 5.41) is 8.84. The highest BCUT2D eigenvalue weighted by Gasteiger charge is 2.38. The van der Waals surface area contributed by atoms with Crippen LogP contribution in [-0.4, -0.2) is 61.8 Å². The lowest BCUT2D eigenvalue weighted by atomic mass is 9.99. The van der Waals surface area contributed by atoms with Crippen LogP contribution in [0, 0.1) is 18.8 Å². The summed E-state index contributed by atoms with van der Waals surface area (Å²) in [4.78, 5) is 25.1. The monoisotopic (exact) mass is 344 g/mol. The number of sulfonamides is 1. The number of amides is 1. The summed E-state index contributed by atoms with van der Waals surface area (Å²) in [5.41, 5.74) is 0.142. The molecule has 0 unspecified atom stereocenters. The Bertz CT molecular complexity index is 736. The molecule has 1 saturated heterocycles. The van der Waals surface area contributed by atoms with Crippen LogP contribution in [-0.2, 0) is 14.8 Å². The van der Waals surface area contributed by atoms with Crippen LogP contribution < -0.4 is 0 Å². The summed E-state index contributed by atoms with van der Waals surface area (Å²) in [6, 6.07) is 1.20. The first-order valence-corrected chi connectivity index (χ1v) is 8.54. The molecule has 1 N–H and O–H groups in total.